The first-order valence-electron chi connectivity index (χ1n) is 9.07. The smallest absolute Gasteiger partial charge is 0.259 e. The van der Waals surface area contributed by atoms with Crippen molar-refractivity contribution in [3.8, 4) is 5.75 Å². The van der Waals surface area contributed by atoms with Gasteiger partial charge in [-0.3, -0.25) is 9.59 Å². The number of para-hydroxylation sites is 2. The number of carbonyl (C=O) groups excluding carboxylic acids is 2. The zero-order valence-corrected chi connectivity index (χ0v) is 15.4. The van der Waals surface area contributed by atoms with E-state index in [2.05, 4.69) is 17.6 Å². The van der Waals surface area contributed by atoms with Crippen molar-refractivity contribution in [2.24, 2.45) is 0 Å². The summed E-state index contributed by atoms with van der Waals surface area (Å²) in [6.07, 6.45) is 2.78. The summed E-state index contributed by atoms with van der Waals surface area (Å²) in [5.41, 5.74) is 1.38. The first kappa shape index (κ1) is 19.5. The molecule has 0 saturated heterocycles. The Labute approximate surface area is 154 Å². The van der Waals surface area contributed by atoms with Gasteiger partial charge in [0.05, 0.1) is 23.4 Å². The van der Waals surface area contributed by atoms with Crippen molar-refractivity contribution in [2.75, 3.05) is 18.5 Å². The second-order valence-corrected chi connectivity index (χ2v) is 5.95. The Morgan fingerprint density at radius 3 is 2.31 bits per heavy atom. The minimum atomic E-state index is -0.300. The van der Waals surface area contributed by atoms with E-state index in [1.165, 1.54) is 0 Å². The third-order valence-electron chi connectivity index (χ3n) is 3.83. The Kier molecular flexibility index (Phi) is 7.68. The average Bonchev–Trinajstić information content (AvgIpc) is 2.67. The highest BCUT2D eigenvalue weighted by molar-refractivity contribution is 6.10. The quantitative estimate of drug-likeness (QED) is 0.661. The minimum Gasteiger partial charge on any atom is -0.493 e. The van der Waals surface area contributed by atoms with Crippen LogP contribution in [0.3, 0.4) is 0 Å². The van der Waals surface area contributed by atoms with E-state index in [-0.39, 0.29) is 11.8 Å². The molecular weight excluding hydrogens is 328 g/mol. The van der Waals surface area contributed by atoms with Crippen molar-refractivity contribution in [3.05, 3.63) is 59.7 Å². The highest BCUT2D eigenvalue weighted by atomic mass is 16.5. The van der Waals surface area contributed by atoms with Crippen molar-refractivity contribution < 1.29 is 14.3 Å². The molecule has 2 N–H and O–H groups in total. The normalized spacial score (nSPS) is 10.2. The van der Waals surface area contributed by atoms with E-state index in [1.54, 1.807) is 42.5 Å². The van der Waals surface area contributed by atoms with Gasteiger partial charge in [0.1, 0.15) is 5.75 Å². The summed E-state index contributed by atoms with van der Waals surface area (Å²) in [5.74, 6) is 0.0482. The van der Waals surface area contributed by atoms with Gasteiger partial charge in [0.2, 0.25) is 0 Å². The zero-order chi connectivity index (χ0) is 18.8. The molecule has 2 amide bonds. The molecule has 0 heterocycles. The van der Waals surface area contributed by atoms with Gasteiger partial charge >= 0.3 is 0 Å². The molecule has 0 fully saturated rings. The number of benzene rings is 2. The van der Waals surface area contributed by atoms with E-state index in [1.807, 2.05) is 13.0 Å². The molecule has 0 spiro atoms. The molecule has 0 saturated carbocycles. The molecule has 138 valence electrons. The fourth-order valence-electron chi connectivity index (χ4n) is 2.45. The third-order valence-corrected chi connectivity index (χ3v) is 3.83. The third kappa shape index (κ3) is 5.34. The van der Waals surface area contributed by atoms with Crippen LogP contribution in [0.5, 0.6) is 5.75 Å². The second kappa shape index (κ2) is 10.2. The van der Waals surface area contributed by atoms with E-state index in [0.717, 1.165) is 19.3 Å². The molecule has 2 aromatic carbocycles. The van der Waals surface area contributed by atoms with Crippen LogP contribution in [0.1, 0.15) is 53.8 Å². The van der Waals surface area contributed by atoms with E-state index in [0.29, 0.717) is 35.7 Å². The Balaban J connectivity index is 2.16. The van der Waals surface area contributed by atoms with Crippen LogP contribution in [0.2, 0.25) is 0 Å². The number of amides is 2. The van der Waals surface area contributed by atoms with E-state index in [9.17, 15) is 9.59 Å². The fraction of sp³-hybridized carbons (Fsp3) is 0.333. The molecular formula is C21H26N2O3. The standard InChI is InChI=1S/C21H26N2O3/c1-3-5-14-22-20(24)16-10-6-8-12-18(16)23-21(25)17-11-7-9-13-19(17)26-15-4-2/h6-13H,3-5,14-15H2,1-2H3,(H,22,24)(H,23,25). The summed E-state index contributed by atoms with van der Waals surface area (Å²) in [7, 11) is 0. The highest BCUT2D eigenvalue weighted by Gasteiger charge is 2.16. The number of hydrogen-bond donors (Lipinski definition) is 2. The summed E-state index contributed by atoms with van der Waals surface area (Å²) >= 11 is 0. The van der Waals surface area contributed by atoms with Crippen LogP contribution in [0, 0.1) is 0 Å². The average molecular weight is 354 g/mol. The number of ether oxygens (including phenoxy) is 1. The minimum absolute atomic E-state index is 0.190. The molecule has 0 bridgehead atoms. The van der Waals surface area contributed by atoms with E-state index in [4.69, 9.17) is 4.74 Å². The van der Waals surface area contributed by atoms with Crippen LogP contribution in [0.15, 0.2) is 48.5 Å². The lowest BCUT2D eigenvalue weighted by Crippen LogP contribution is -2.26. The lowest BCUT2D eigenvalue weighted by molar-refractivity contribution is 0.0954. The summed E-state index contributed by atoms with van der Waals surface area (Å²) in [4.78, 5) is 25.1. The maximum Gasteiger partial charge on any atom is 0.259 e. The summed E-state index contributed by atoms with van der Waals surface area (Å²) < 4.78 is 5.65. The summed E-state index contributed by atoms with van der Waals surface area (Å²) in [6, 6.07) is 14.1. The lowest BCUT2D eigenvalue weighted by atomic mass is 10.1. The molecule has 5 heteroatoms. The number of anilines is 1. The van der Waals surface area contributed by atoms with Crippen molar-refractivity contribution >= 4 is 17.5 Å². The molecule has 5 nitrogen and oxygen atoms in total. The molecule has 0 radical (unpaired) electrons. The predicted molar refractivity (Wildman–Crippen MR) is 104 cm³/mol. The Bertz CT molecular complexity index is 744. The molecule has 0 aliphatic rings. The summed E-state index contributed by atoms with van der Waals surface area (Å²) in [6.45, 7) is 5.24. The Morgan fingerprint density at radius 2 is 1.58 bits per heavy atom. The van der Waals surface area contributed by atoms with Crippen LogP contribution < -0.4 is 15.4 Å². The van der Waals surface area contributed by atoms with Gasteiger partial charge in [-0.05, 0) is 37.1 Å². The number of rotatable bonds is 9. The van der Waals surface area contributed by atoms with Crippen molar-refractivity contribution in [1.29, 1.82) is 0 Å². The van der Waals surface area contributed by atoms with E-state index < -0.39 is 0 Å². The first-order chi connectivity index (χ1) is 12.7. The number of carbonyl (C=O) groups is 2. The number of unbranched alkanes of at least 4 members (excludes halogenated alkanes) is 1. The largest absolute Gasteiger partial charge is 0.493 e. The van der Waals surface area contributed by atoms with E-state index >= 15 is 0 Å². The number of nitrogens with one attached hydrogen (secondary N) is 2. The fourth-order valence-corrected chi connectivity index (χ4v) is 2.45. The van der Waals surface area contributed by atoms with Crippen molar-refractivity contribution in [1.82, 2.24) is 5.32 Å². The van der Waals surface area contributed by atoms with Crippen molar-refractivity contribution in [2.45, 2.75) is 33.1 Å². The lowest BCUT2D eigenvalue weighted by Gasteiger charge is -2.13. The van der Waals surface area contributed by atoms with Crippen LogP contribution >= 0.6 is 0 Å². The molecule has 2 aromatic rings. The molecule has 2 rings (SSSR count). The molecule has 0 aromatic heterocycles. The van der Waals surface area contributed by atoms with Crippen LogP contribution in [0.25, 0.3) is 0 Å². The van der Waals surface area contributed by atoms with Gasteiger partial charge in [0, 0.05) is 6.54 Å². The second-order valence-electron chi connectivity index (χ2n) is 5.95. The predicted octanol–water partition coefficient (Wildman–Crippen LogP) is 4.26. The van der Waals surface area contributed by atoms with Gasteiger partial charge in [-0.25, -0.2) is 0 Å². The van der Waals surface area contributed by atoms with Gasteiger partial charge in [0.25, 0.3) is 11.8 Å². The van der Waals surface area contributed by atoms with Gasteiger partial charge in [0.15, 0.2) is 0 Å². The molecule has 0 unspecified atom stereocenters. The maximum absolute atomic E-state index is 12.7. The maximum atomic E-state index is 12.7. The van der Waals surface area contributed by atoms with Crippen LogP contribution in [-0.2, 0) is 0 Å². The first-order valence-corrected chi connectivity index (χ1v) is 9.07. The van der Waals surface area contributed by atoms with Gasteiger partial charge in [-0.2, -0.15) is 0 Å². The topological polar surface area (TPSA) is 67.4 Å². The molecule has 0 aliphatic heterocycles. The summed E-state index contributed by atoms with van der Waals surface area (Å²) in [5, 5.41) is 5.71. The van der Waals surface area contributed by atoms with Crippen molar-refractivity contribution in [3.63, 3.8) is 0 Å². The van der Waals surface area contributed by atoms with Gasteiger partial charge in [-0.1, -0.05) is 44.5 Å². The van der Waals surface area contributed by atoms with Gasteiger partial charge < -0.3 is 15.4 Å². The monoisotopic (exact) mass is 354 g/mol. The zero-order valence-electron chi connectivity index (χ0n) is 15.4. The highest BCUT2D eigenvalue weighted by Crippen LogP contribution is 2.21. The Hall–Kier alpha value is -2.82. The Morgan fingerprint density at radius 1 is 0.885 bits per heavy atom. The van der Waals surface area contributed by atoms with Crippen LogP contribution in [0.4, 0.5) is 5.69 Å². The van der Waals surface area contributed by atoms with Crippen LogP contribution in [-0.4, -0.2) is 25.0 Å². The molecule has 0 atom stereocenters. The molecule has 0 aliphatic carbocycles. The number of hydrogen-bond acceptors (Lipinski definition) is 3. The SMILES string of the molecule is CCCCNC(=O)c1ccccc1NC(=O)c1ccccc1OCCC. The van der Waals surface area contributed by atoms with Gasteiger partial charge in [-0.15, -0.1) is 0 Å². The molecule has 26 heavy (non-hydrogen) atoms.